The lowest BCUT2D eigenvalue weighted by Crippen LogP contribution is -2.28. The molecule has 5 heteroatoms. The van der Waals surface area contributed by atoms with Crippen LogP contribution < -0.4 is 15.2 Å². The molecule has 1 atom stereocenters. The predicted molar refractivity (Wildman–Crippen MR) is 70.8 cm³/mol. The second-order valence-electron chi connectivity index (χ2n) is 4.45. The van der Waals surface area contributed by atoms with Crippen LogP contribution in [-0.2, 0) is 4.74 Å². The van der Waals surface area contributed by atoms with Crippen LogP contribution in [0.2, 0.25) is 0 Å². The number of hydrogen-bond donors (Lipinski definition) is 1. The maximum atomic E-state index is 11.6. The SMILES string of the molecule is COc1ccc(C(=O)CN)cc1OC1CCCOC1. The highest BCUT2D eigenvalue weighted by atomic mass is 16.5. The molecule has 1 aliphatic rings. The van der Waals surface area contributed by atoms with Crippen LogP contribution in [0.5, 0.6) is 11.5 Å². The number of methoxy groups -OCH3 is 1. The molecule has 0 radical (unpaired) electrons. The Bertz CT molecular complexity index is 441. The molecular formula is C14H19NO4. The summed E-state index contributed by atoms with van der Waals surface area (Å²) >= 11 is 0. The zero-order valence-corrected chi connectivity index (χ0v) is 11.1. The Morgan fingerprint density at radius 3 is 2.95 bits per heavy atom. The Morgan fingerprint density at radius 1 is 1.47 bits per heavy atom. The molecule has 1 aliphatic heterocycles. The van der Waals surface area contributed by atoms with Gasteiger partial charge in [-0.1, -0.05) is 0 Å². The van der Waals surface area contributed by atoms with E-state index in [1.165, 1.54) is 0 Å². The second-order valence-corrected chi connectivity index (χ2v) is 4.45. The molecule has 2 N–H and O–H groups in total. The van der Waals surface area contributed by atoms with Crippen molar-refractivity contribution in [3.63, 3.8) is 0 Å². The quantitative estimate of drug-likeness (QED) is 0.815. The average molecular weight is 265 g/mol. The van der Waals surface area contributed by atoms with Crippen LogP contribution in [0.3, 0.4) is 0 Å². The minimum absolute atomic E-state index is 0.00544. The van der Waals surface area contributed by atoms with E-state index in [-0.39, 0.29) is 18.4 Å². The number of hydrogen-bond acceptors (Lipinski definition) is 5. The number of carbonyl (C=O) groups is 1. The van der Waals surface area contributed by atoms with Crippen molar-refractivity contribution in [2.24, 2.45) is 5.73 Å². The average Bonchev–Trinajstić information content (AvgIpc) is 2.47. The molecule has 0 aromatic heterocycles. The number of Topliss-reactive ketones (excluding diaryl/α,β-unsaturated/α-hetero) is 1. The monoisotopic (exact) mass is 265 g/mol. The first-order valence-corrected chi connectivity index (χ1v) is 6.40. The minimum Gasteiger partial charge on any atom is -0.493 e. The van der Waals surface area contributed by atoms with Gasteiger partial charge in [-0.05, 0) is 31.0 Å². The van der Waals surface area contributed by atoms with Crippen LogP contribution in [0.1, 0.15) is 23.2 Å². The fourth-order valence-electron chi connectivity index (χ4n) is 2.04. The maximum Gasteiger partial charge on any atom is 0.176 e. The number of rotatable bonds is 5. The Labute approximate surface area is 112 Å². The molecule has 1 aromatic rings. The fraction of sp³-hybridized carbons (Fsp3) is 0.500. The van der Waals surface area contributed by atoms with Crippen molar-refractivity contribution in [1.29, 1.82) is 0 Å². The molecule has 5 nitrogen and oxygen atoms in total. The lowest BCUT2D eigenvalue weighted by molar-refractivity contribution is 0.00642. The van der Waals surface area contributed by atoms with Crippen LogP contribution in [0.15, 0.2) is 18.2 Å². The van der Waals surface area contributed by atoms with E-state index in [1.54, 1.807) is 25.3 Å². The maximum absolute atomic E-state index is 11.6. The molecule has 1 unspecified atom stereocenters. The fourth-order valence-corrected chi connectivity index (χ4v) is 2.04. The van der Waals surface area contributed by atoms with E-state index in [2.05, 4.69) is 0 Å². The molecule has 0 spiro atoms. The van der Waals surface area contributed by atoms with E-state index in [4.69, 9.17) is 19.9 Å². The van der Waals surface area contributed by atoms with Crippen LogP contribution in [0, 0.1) is 0 Å². The van der Waals surface area contributed by atoms with E-state index >= 15 is 0 Å². The van der Waals surface area contributed by atoms with Crippen LogP contribution >= 0.6 is 0 Å². The van der Waals surface area contributed by atoms with Gasteiger partial charge in [0.15, 0.2) is 17.3 Å². The van der Waals surface area contributed by atoms with Gasteiger partial charge in [-0.15, -0.1) is 0 Å². The highest BCUT2D eigenvalue weighted by molar-refractivity contribution is 5.98. The lowest BCUT2D eigenvalue weighted by Gasteiger charge is -2.24. The van der Waals surface area contributed by atoms with Crippen molar-refractivity contribution in [3.8, 4) is 11.5 Å². The van der Waals surface area contributed by atoms with Gasteiger partial charge in [0.25, 0.3) is 0 Å². The lowest BCUT2D eigenvalue weighted by atomic mass is 10.1. The molecule has 19 heavy (non-hydrogen) atoms. The molecular weight excluding hydrogens is 246 g/mol. The van der Waals surface area contributed by atoms with Crippen molar-refractivity contribution in [1.82, 2.24) is 0 Å². The third-order valence-electron chi connectivity index (χ3n) is 3.08. The number of ketones is 1. The van der Waals surface area contributed by atoms with Crippen molar-refractivity contribution in [3.05, 3.63) is 23.8 Å². The number of benzene rings is 1. The van der Waals surface area contributed by atoms with Gasteiger partial charge < -0.3 is 19.9 Å². The van der Waals surface area contributed by atoms with Crippen molar-refractivity contribution >= 4 is 5.78 Å². The van der Waals surface area contributed by atoms with Crippen LogP contribution in [0.4, 0.5) is 0 Å². The molecule has 1 saturated heterocycles. The van der Waals surface area contributed by atoms with E-state index in [9.17, 15) is 4.79 Å². The largest absolute Gasteiger partial charge is 0.493 e. The zero-order valence-electron chi connectivity index (χ0n) is 11.1. The van der Waals surface area contributed by atoms with E-state index in [1.807, 2.05) is 0 Å². The highest BCUT2D eigenvalue weighted by Crippen LogP contribution is 2.30. The van der Waals surface area contributed by atoms with Gasteiger partial charge in [0, 0.05) is 12.2 Å². The van der Waals surface area contributed by atoms with Gasteiger partial charge in [0.2, 0.25) is 0 Å². The molecule has 0 bridgehead atoms. The summed E-state index contributed by atoms with van der Waals surface area (Å²) in [5.74, 6) is 1.06. The minimum atomic E-state index is -0.118. The Morgan fingerprint density at radius 2 is 2.32 bits per heavy atom. The first kappa shape index (κ1) is 13.8. The Balaban J connectivity index is 2.17. The van der Waals surface area contributed by atoms with Crippen LogP contribution in [-0.4, -0.2) is 38.8 Å². The summed E-state index contributed by atoms with van der Waals surface area (Å²) in [4.78, 5) is 11.6. The smallest absolute Gasteiger partial charge is 0.176 e. The molecule has 0 aliphatic carbocycles. The van der Waals surface area contributed by atoms with Gasteiger partial charge in [0.05, 0.1) is 20.3 Å². The summed E-state index contributed by atoms with van der Waals surface area (Å²) in [6.07, 6.45) is 1.93. The number of ether oxygens (including phenoxy) is 3. The van der Waals surface area contributed by atoms with Gasteiger partial charge in [-0.25, -0.2) is 0 Å². The van der Waals surface area contributed by atoms with E-state index in [0.29, 0.717) is 23.7 Å². The molecule has 104 valence electrons. The summed E-state index contributed by atoms with van der Waals surface area (Å²) in [6.45, 7) is 1.33. The predicted octanol–water partition coefficient (Wildman–Crippen LogP) is 1.39. The van der Waals surface area contributed by atoms with Crippen LogP contribution in [0.25, 0.3) is 0 Å². The first-order valence-electron chi connectivity index (χ1n) is 6.40. The Hall–Kier alpha value is -1.59. The van der Waals surface area contributed by atoms with Crippen molar-refractivity contribution < 1.29 is 19.0 Å². The second kappa shape index (κ2) is 6.54. The third-order valence-corrected chi connectivity index (χ3v) is 3.08. The summed E-state index contributed by atoms with van der Waals surface area (Å²) in [5.41, 5.74) is 5.90. The summed E-state index contributed by atoms with van der Waals surface area (Å²) in [5, 5.41) is 0. The number of carbonyl (C=O) groups excluding carboxylic acids is 1. The van der Waals surface area contributed by atoms with Gasteiger partial charge in [-0.3, -0.25) is 4.79 Å². The van der Waals surface area contributed by atoms with E-state index < -0.39 is 0 Å². The van der Waals surface area contributed by atoms with Gasteiger partial charge in [-0.2, -0.15) is 0 Å². The molecule has 1 aromatic carbocycles. The van der Waals surface area contributed by atoms with Gasteiger partial charge >= 0.3 is 0 Å². The molecule has 0 amide bonds. The zero-order chi connectivity index (χ0) is 13.7. The van der Waals surface area contributed by atoms with Gasteiger partial charge in [0.1, 0.15) is 6.10 Å². The molecule has 1 heterocycles. The third kappa shape index (κ3) is 3.45. The number of nitrogens with two attached hydrogens (primary N) is 1. The van der Waals surface area contributed by atoms with Crippen molar-refractivity contribution in [2.45, 2.75) is 18.9 Å². The topological polar surface area (TPSA) is 70.8 Å². The molecule has 2 rings (SSSR count). The normalized spacial score (nSPS) is 18.9. The highest BCUT2D eigenvalue weighted by Gasteiger charge is 2.18. The summed E-state index contributed by atoms with van der Waals surface area (Å²) in [6, 6.07) is 5.10. The summed E-state index contributed by atoms with van der Waals surface area (Å²) in [7, 11) is 1.57. The molecule has 0 saturated carbocycles. The van der Waals surface area contributed by atoms with E-state index in [0.717, 1.165) is 19.4 Å². The summed E-state index contributed by atoms with van der Waals surface area (Å²) < 4.78 is 16.5. The first-order chi connectivity index (χ1) is 9.24. The Kier molecular flexibility index (Phi) is 4.76. The standard InChI is InChI=1S/C14H19NO4/c1-17-13-5-4-10(12(16)8-15)7-14(13)19-11-3-2-6-18-9-11/h4-5,7,11H,2-3,6,8-9,15H2,1H3. The van der Waals surface area contributed by atoms with Crippen molar-refractivity contribution in [2.75, 3.05) is 26.9 Å². The molecule has 1 fully saturated rings.